The monoisotopic (exact) mass is 236 g/mol. The lowest BCUT2D eigenvalue weighted by Crippen LogP contribution is -2.34. The Labute approximate surface area is 102 Å². The van der Waals surface area contributed by atoms with Crippen LogP contribution in [0.3, 0.4) is 0 Å². The standard InChI is InChI=1S/C13H20N2O2/c1-3-5-10(4-2)14-13(16)11-8-12(17-15-11)9-6-7-9/h8-10H,3-7H2,1-2H3,(H,14,16)/t10-/m1/s1. The van der Waals surface area contributed by atoms with Gasteiger partial charge >= 0.3 is 0 Å². The van der Waals surface area contributed by atoms with Crippen LogP contribution in [0.2, 0.25) is 0 Å². The average molecular weight is 236 g/mol. The maximum Gasteiger partial charge on any atom is 0.273 e. The fraction of sp³-hybridized carbons (Fsp3) is 0.692. The number of hydrogen-bond donors (Lipinski definition) is 1. The Morgan fingerprint density at radius 1 is 1.59 bits per heavy atom. The van der Waals surface area contributed by atoms with Crippen molar-refractivity contribution in [2.24, 2.45) is 0 Å². The van der Waals surface area contributed by atoms with E-state index in [-0.39, 0.29) is 11.9 Å². The normalized spacial score (nSPS) is 16.8. The Morgan fingerprint density at radius 3 is 2.94 bits per heavy atom. The molecule has 1 N–H and O–H groups in total. The quantitative estimate of drug-likeness (QED) is 0.826. The van der Waals surface area contributed by atoms with Gasteiger partial charge in [0.2, 0.25) is 0 Å². The van der Waals surface area contributed by atoms with Gasteiger partial charge in [-0.15, -0.1) is 0 Å². The molecule has 1 aromatic heterocycles. The SMILES string of the molecule is CCC[C@@H](CC)NC(=O)c1cc(C2CC2)on1. The van der Waals surface area contributed by atoms with Gasteiger partial charge in [-0.3, -0.25) is 4.79 Å². The molecule has 2 rings (SSSR count). The Kier molecular flexibility index (Phi) is 3.82. The molecule has 1 aromatic rings. The number of rotatable bonds is 6. The molecule has 0 aliphatic heterocycles. The van der Waals surface area contributed by atoms with Crippen LogP contribution in [0, 0.1) is 0 Å². The van der Waals surface area contributed by atoms with Crippen LogP contribution in [-0.2, 0) is 0 Å². The molecule has 1 atom stereocenters. The maximum absolute atomic E-state index is 11.9. The summed E-state index contributed by atoms with van der Waals surface area (Å²) in [5.41, 5.74) is 0.418. The largest absolute Gasteiger partial charge is 0.360 e. The molecule has 0 unspecified atom stereocenters. The van der Waals surface area contributed by atoms with Crippen LogP contribution in [0.15, 0.2) is 10.6 Å². The summed E-state index contributed by atoms with van der Waals surface area (Å²) in [6, 6.07) is 2.03. The third kappa shape index (κ3) is 3.08. The second-order valence-corrected chi connectivity index (χ2v) is 4.76. The van der Waals surface area contributed by atoms with Crippen LogP contribution in [0.4, 0.5) is 0 Å². The molecule has 0 spiro atoms. The van der Waals surface area contributed by atoms with Gasteiger partial charge in [0.15, 0.2) is 5.69 Å². The van der Waals surface area contributed by atoms with Crippen molar-refractivity contribution in [3.63, 3.8) is 0 Å². The molecule has 0 bridgehead atoms. The van der Waals surface area contributed by atoms with E-state index in [1.165, 1.54) is 0 Å². The minimum absolute atomic E-state index is 0.110. The number of aromatic nitrogens is 1. The molecule has 1 fully saturated rings. The minimum atomic E-state index is -0.110. The number of carbonyl (C=O) groups is 1. The van der Waals surface area contributed by atoms with E-state index in [0.29, 0.717) is 11.6 Å². The van der Waals surface area contributed by atoms with E-state index in [2.05, 4.69) is 24.3 Å². The predicted molar refractivity (Wildman–Crippen MR) is 64.9 cm³/mol. The van der Waals surface area contributed by atoms with Gasteiger partial charge in [0.1, 0.15) is 5.76 Å². The van der Waals surface area contributed by atoms with Crippen LogP contribution in [0.25, 0.3) is 0 Å². The molecule has 1 aliphatic rings. The molecule has 0 aromatic carbocycles. The van der Waals surface area contributed by atoms with Crippen LogP contribution in [0.5, 0.6) is 0 Å². The highest BCUT2D eigenvalue weighted by molar-refractivity contribution is 5.92. The fourth-order valence-electron chi connectivity index (χ4n) is 1.94. The molecule has 0 radical (unpaired) electrons. The van der Waals surface area contributed by atoms with Gasteiger partial charge in [0, 0.05) is 18.0 Å². The van der Waals surface area contributed by atoms with Crippen molar-refractivity contribution in [1.29, 1.82) is 0 Å². The number of carbonyl (C=O) groups excluding carboxylic acids is 1. The summed E-state index contributed by atoms with van der Waals surface area (Å²) in [6.07, 6.45) is 5.35. The summed E-state index contributed by atoms with van der Waals surface area (Å²) in [5, 5.41) is 6.83. The number of amides is 1. The lowest BCUT2D eigenvalue weighted by atomic mass is 10.1. The van der Waals surface area contributed by atoms with Crippen molar-refractivity contribution in [2.75, 3.05) is 0 Å². The van der Waals surface area contributed by atoms with E-state index in [1.54, 1.807) is 6.07 Å². The Bertz CT molecular complexity index is 383. The lowest BCUT2D eigenvalue weighted by Gasteiger charge is -2.14. The van der Waals surface area contributed by atoms with Gasteiger partial charge in [-0.05, 0) is 25.7 Å². The smallest absolute Gasteiger partial charge is 0.273 e. The Morgan fingerprint density at radius 2 is 2.35 bits per heavy atom. The first-order valence-corrected chi connectivity index (χ1v) is 6.52. The molecular formula is C13H20N2O2. The van der Waals surface area contributed by atoms with E-state index in [0.717, 1.165) is 37.9 Å². The molecule has 4 nitrogen and oxygen atoms in total. The highest BCUT2D eigenvalue weighted by Gasteiger charge is 2.29. The van der Waals surface area contributed by atoms with E-state index in [4.69, 9.17) is 4.52 Å². The van der Waals surface area contributed by atoms with Gasteiger partial charge in [-0.1, -0.05) is 25.4 Å². The predicted octanol–water partition coefficient (Wildman–Crippen LogP) is 2.86. The molecular weight excluding hydrogens is 216 g/mol. The second kappa shape index (κ2) is 5.34. The average Bonchev–Trinajstić information content (AvgIpc) is 3.06. The summed E-state index contributed by atoms with van der Waals surface area (Å²) in [5.74, 6) is 1.25. The van der Waals surface area contributed by atoms with Gasteiger partial charge in [0.25, 0.3) is 5.91 Å². The Hall–Kier alpha value is -1.32. The van der Waals surface area contributed by atoms with E-state index in [9.17, 15) is 4.79 Å². The third-order valence-corrected chi connectivity index (χ3v) is 3.21. The number of nitrogens with zero attached hydrogens (tertiary/aromatic N) is 1. The van der Waals surface area contributed by atoms with Gasteiger partial charge in [0.05, 0.1) is 0 Å². The summed E-state index contributed by atoms with van der Waals surface area (Å²) in [4.78, 5) is 11.9. The van der Waals surface area contributed by atoms with Gasteiger partial charge < -0.3 is 9.84 Å². The molecule has 4 heteroatoms. The highest BCUT2D eigenvalue weighted by Crippen LogP contribution is 2.40. The summed E-state index contributed by atoms with van der Waals surface area (Å²) < 4.78 is 5.17. The first-order valence-electron chi connectivity index (χ1n) is 6.52. The van der Waals surface area contributed by atoms with Crippen molar-refractivity contribution in [3.05, 3.63) is 17.5 Å². The third-order valence-electron chi connectivity index (χ3n) is 3.21. The zero-order valence-corrected chi connectivity index (χ0v) is 10.5. The maximum atomic E-state index is 11.9. The highest BCUT2D eigenvalue weighted by atomic mass is 16.5. The van der Waals surface area contributed by atoms with Crippen molar-refractivity contribution < 1.29 is 9.32 Å². The van der Waals surface area contributed by atoms with E-state index in [1.807, 2.05) is 0 Å². The number of hydrogen-bond acceptors (Lipinski definition) is 3. The van der Waals surface area contributed by atoms with Gasteiger partial charge in [-0.25, -0.2) is 0 Å². The molecule has 17 heavy (non-hydrogen) atoms. The van der Waals surface area contributed by atoms with E-state index >= 15 is 0 Å². The molecule has 1 amide bonds. The topological polar surface area (TPSA) is 55.1 Å². The summed E-state index contributed by atoms with van der Waals surface area (Å²) in [7, 11) is 0. The van der Waals surface area contributed by atoms with Crippen molar-refractivity contribution in [1.82, 2.24) is 10.5 Å². The first kappa shape index (κ1) is 12.1. The molecule has 1 heterocycles. The van der Waals surface area contributed by atoms with Crippen LogP contribution >= 0.6 is 0 Å². The minimum Gasteiger partial charge on any atom is -0.360 e. The zero-order chi connectivity index (χ0) is 12.3. The number of nitrogens with one attached hydrogen (secondary N) is 1. The van der Waals surface area contributed by atoms with Crippen molar-refractivity contribution in [2.45, 2.75) is 57.9 Å². The second-order valence-electron chi connectivity index (χ2n) is 4.76. The first-order chi connectivity index (χ1) is 8.24. The molecule has 1 saturated carbocycles. The molecule has 0 saturated heterocycles. The summed E-state index contributed by atoms with van der Waals surface area (Å²) in [6.45, 7) is 4.20. The van der Waals surface area contributed by atoms with Gasteiger partial charge in [-0.2, -0.15) is 0 Å². The van der Waals surface area contributed by atoms with Crippen molar-refractivity contribution >= 4 is 5.91 Å². The van der Waals surface area contributed by atoms with Crippen molar-refractivity contribution in [3.8, 4) is 0 Å². The van der Waals surface area contributed by atoms with E-state index < -0.39 is 0 Å². The van der Waals surface area contributed by atoms with Crippen LogP contribution in [-0.4, -0.2) is 17.1 Å². The lowest BCUT2D eigenvalue weighted by molar-refractivity contribution is 0.0924. The van der Waals surface area contributed by atoms with Crippen LogP contribution in [0.1, 0.15) is 68.1 Å². The summed E-state index contributed by atoms with van der Waals surface area (Å²) >= 11 is 0. The fourth-order valence-corrected chi connectivity index (χ4v) is 1.94. The zero-order valence-electron chi connectivity index (χ0n) is 10.5. The molecule has 94 valence electrons. The van der Waals surface area contributed by atoms with Crippen LogP contribution < -0.4 is 5.32 Å². The molecule has 1 aliphatic carbocycles. The Balaban J connectivity index is 1.93.